The molecule has 2 aromatic rings. The Balaban J connectivity index is 2.03. The van der Waals surface area contributed by atoms with Gasteiger partial charge in [0.2, 0.25) is 0 Å². The van der Waals surface area contributed by atoms with Gasteiger partial charge in [0, 0.05) is 10.9 Å². The highest BCUT2D eigenvalue weighted by atomic mass is 16.5. The Morgan fingerprint density at radius 3 is 2.71 bits per heavy atom. The van der Waals surface area contributed by atoms with Gasteiger partial charge < -0.3 is 15.2 Å². The molecule has 0 atom stereocenters. The summed E-state index contributed by atoms with van der Waals surface area (Å²) >= 11 is 0. The van der Waals surface area contributed by atoms with Crippen molar-refractivity contribution in [3.8, 4) is 5.75 Å². The van der Waals surface area contributed by atoms with Crippen molar-refractivity contribution in [2.24, 2.45) is 0 Å². The molecule has 0 bridgehead atoms. The van der Waals surface area contributed by atoms with Crippen LogP contribution in [0.5, 0.6) is 5.75 Å². The molecule has 1 fully saturated rings. The van der Waals surface area contributed by atoms with E-state index in [2.05, 4.69) is 5.32 Å². The normalized spacial score (nSPS) is 15.9. The third kappa shape index (κ3) is 2.67. The molecule has 1 saturated heterocycles. The summed E-state index contributed by atoms with van der Waals surface area (Å²) in [6.45, 7) is -0.684. The van der Waals surface area contributed by atoms with Crippen LogP contribution < -0.4 is 10.1 Å². The lowest BCUT2D eigenvalue weighted by Gasteiger charge is -2.10. The minimum Gasteiger partial charge on any atom is -0.495 e. The summed E-state index contributed by atoms with van der Waals surface area (Å²) in [4.78, 5) is 35.3. The zero-order chi connectivity index (χ0) is 17.3. The largest absolute Gasteiger partial charge is 0.495 e. The van der Waals surface area contributed by atoms with E-state index in [0.29, 0.717) is 16.2 Å². The van der Waals surface area contributed by atoms with Crippen LogP contribution in [0.2, 0.25) is 0 Å². The number of amides is 3. The molecule has 0 saturated carbocycles. The van der Waals surface area contributed by atoms with Crippen molar-refractivity contribution in [1.29, 1.82) is 0 Å². The summed E-state index contributed by atoms with van der Waals surface area (Å²) in [6, 6.07) is 10.5. The highest BCUT2D eigenvalue weighted by Crippen LogP contribution is 2.31. The molecule has 2 N–H and O–H groups in total. The van der Waals surface area contributed by atoms with Crippen molar-refractivity contribution < 1.29 is 24.2 Å². The van der Waals surface area contributed by atoms with Crippen LogP contribution in [0.3, 0.4) is 0 Å². The topological polar surface area (TPSA) is 95.9 Å². The van der Waals surface area contributed by atoms with Crippen LogP contribution in [-0.2, 0) is 9.59 Å². The monoisotopic (exact) mass is 326 g/mol. The van der Waals surface area contributed by atoms with Crippen molar-refractivity contribution in [3.05, 3.63) is 47.7 Å². The third-order valence-electron chi connectivity index (χ3n) is 3.67. The summed E-state index contributed by atoms with van der Waals surface area (Å²) in [6.07, 6.45) is 1.48. The number of hydrogen-bond donors (Lipinski definition) is 2. The number of urea groups is 1. The number of carbonyl (C=O) groups is 3. The van der Waals surface area contributed by atoms with Crippen molar-refractivity contribution >= 4 is 34.8 Å². The van der Waals surface area contributed by atoms with Crippen molar-refractivity contribution in [3.63, 3.8) is 0 Å². The molecule has 24 heavy (non-hydrogen) atoms. The van der Waals surface area contributed by atoms with Gasteiger partial charge in [-0.05, 0) is 11.5 Å². The molecule has 0 radical (unpaired) electrons. The van der Waals surface area contributed by atoms with Crippen molar-refractivity contribution in [2.75, 3.05) is 13.7 Å². The highest BCUT2D eigenvalue weighted by molar-refractivity contribution is 6.15. The smallest absolute Gasteiger partial charge is 0.329 e. The first-order valence-electron chi connectivity index (χ1n) is 7.13. The molecule has 7 nitrogen and oxygen atoms in total. The standard InChI is InChI=1S/C17H14N2O5/c1-24-15-11(7-6-10-4-2-3-5-12(10)15)8-13-16(22)19(9-14(20)21)17(23)18-13/h2-8H,9H2,1H3,(H,18,23)(H,20,21)/b13-8+. The second-order valence-electron chi connectivity index (χ2n) is 5.18. The first-order valence-corrected chi connectivity index (χ1v) is 7.13. The third-order valence-corrected chi connectivity index (χ3v) is 3.67. The molecular weight excluding hydrogens is 312 g/mol. The molecule has 1 heterocycles. The molecule has 0 spiro atoms. The van der Waals surface area contributed by atoms with E-state index < -0.39 is 24.5 Å². The molecule has 2 aromatic carbocycles. The lowest BCUT2D eigenvalue weighted by Crippen LogP contribution is -2.35. The van der Waals surface area contributed by atoms with E-state index in [4.69, 9.17) is 9.84 Å². The number of carboxylic acid groups (broad SMARTS) is 1. The van der Waals surface area contributed by atoms with Crippen LogP contribution in [0.1, 0.15) is 5.56 Å². The summed E-state index contributed by atoms with van der Waals surface area (Å²) in [5.41, 5.74) is 0.617. The van der Waals surface area contributed by atoms with Crippen LogP contribution in [-0.4, -0.2) is 41.6 Å². The predicted molar refractivity (Wildman–Crippen MR) is 86.4 cm³/mol. The van der Waals surface area contributed by atoms with Crippen molar-refractivity contribution in [1.82, 2.24) is 10.2 Å². The number of methoxy groups -OCH3 is 1. The fourth-order valence-corrected chi connectivity index (χ4v) is 2.61. The molecular formula is C17H14N2O5. The fraction of sp³-hybridized carbons (Fsp3) is 0.118. The summed E-state index contributed by atoms with van der Waals surface area (Å²) in [7, 11) is 1.52. The number of nitrogens with zero attached hydrogens (tertiary/aromatic N) is 1. The fourth-order valence-electron chi connectivity index (χ4n) is 2.61. The number of aliphatic carboxylic acids is 1. The second kappa shape index (κ2) is 6.04. The van der Waals surface area contributed by atoms with E-state index in [9.17, 15) is 14.4 Å². The van der Waals surface area contributed by atoms with Gasteiger partial charge in [0.25, 0.3) is 5.91 Å². The van der Waals surface area contributed by atoms with Crippen LogP contribution in [0.4, 0.5) is 4.79 Å². The van der Waals surface area contributed by atoms with Crippen LogP contribution >= 0.6 is 0 Å². The lowest BCUT2D eigenvalue weighted by atomic mass is 10.0. The Kier molecular flexibility index (Phi) is 3.91. The number of benzene rings is 2. The van der Waals surface area contributed by atoms with Gasteiger partial charge in [-0.1, -0.05) is 36.4 Å². The number of rotatable bonds is 4. The van der Waals surface area contributed by atoms with Gasteiger partial charge in [-0.25, -0.2) is 9.69 Å². The Labute approximate surface area is 137 Å². The maximum Gasteiger partial charge on any atom is 0.329 e. The van der Waals surface area contributed by atoms with Gasteiger partial charge >= 0.3 is 12.0 Å². The minimum absolute atomic E-state index is 0.00910. The quantitative estimate of drug-likeness (QED) is 0.660. The van der Waals surface area contributed by atoms with E-state index >= 15 is 0 Å². The molecule has 7 heteroatoms. The Morgan fingerprint density at radius 1 is 1.25 bits per heavy atom. The first kappa shape index (κ1) is 15.5. The first-order chi connectivity index (χ1) is 11.5. The van der Waals surface area contributed by atoms with Gasteiger partial charge in [0.05, 0.1) is 7.11 Å². The van der Waals surface area contributed by atoms with Gasteiger partial charge in [0.1, 0.15) is 18.0 Å². The molecule has 0 unspecified atom stereocenters. The average Bonchev–Trinajstić information content (AvgIpc) is 2.82. The summed E-state index contributed by atoms with van der Waals surface area (Å²) < 4.78 is 5.45. The molecule has 0 aromatic heterocycles. The van der Waals surface area contributed by atoms with E-state index in [1.54, 1.807) is 6.07 Å². The lowest BCUT2D eigenvalue weighted by molar-refractivity contribution is -0.140. The number of imide groups is 1. The molecule has 1 aliphatic heterocycles. The van der Waals surface area contributed by atoms with Crippen LogP contribution in [0.25, 0.3) is 16.8 Å². The Bertz CT molecular complexity index is 888. The van der Waals surface area contributed by atoms with Crippen molar-refractivity contribution in [2.45, 2.75) is 0 Å². The number of nitrogens with one attached hydrogen (secondary N) is 1. The van der Waals surface area contributed by atoms with Gasteiger partial charge in [-0.3, -0.25) is 9.59 Å². The predicted octanol–water partition coefficient (Wildman–Crippen LogP) is 1.83. The zero-order valence-corrected chi connectivity index (χ0v) is 12.8. The second-order valence-corrected chi connectivity index (χ2v) is 5.18. The van der Waals surface area contributed by atoms with Gasteiger partial charge in [-0.2, -0.15) is 0 Å². The Morgan fingerprint density at radius 2 is 2.00 bits per heavy atom. The highest BCUT2D eigenvalue weighted by Gasteiger charge is 2.35. The number of carbonyl (C=O) groups excluding carboxylic acids is 2. The zero-order valence-electron chi connectivity index (χ0n) is 12.8. The number of carboxylic acids is 1. The summed E-state index contributed by atoms with van der Waals surface area (Å²) in [5.74, 6) is -1.38. The number of ether oxygens (including phenoxy) is 1. The maximum atomic E-state index is 12.2. The molecule has 1 aliphatic rings. The Hall–Kier alpha value is -3.35. The maximum absolute atomic E-state index is 12.2. The minimum atomic E-state index is -1.26. The van der Waals surface area contributed by atoms with Crippen LogP contribution in [0, 0.1) is 0 Å². The van der Waals surface area contributed by atoms with E-state index in [1.165, 1.54) is 13.2 Å². The molecule has 122 valence electrons. The van der Waals surface area contributed by atoms with Crippen LogP contribution in [0.15, 0.2) is 42.1 Å². The number of hydrogen-bond acceptors (Lipinski definition) is 4. The van der Waals surface area contributed by atoms with E-state index in [1.807, 2.05) is 30.3 Å². The SMILES string of the molecule is COc1c(/C=C2/NC(=O)N(CC(=O)O)C2=O)ccc2ccccc12. The molecule has 3 rings (SSSR count). The van der Waals surface area contributed by atoms with Gasteiger partial charge in [0.15, 0.2) is 0 Å². The van der Waals surface area contributed by atoms with E-state index in [-0.39, 0.29) is 5.70 Å². The number of fused-ring (bicyclic) bond motifs is 1. The van der Waals surface area contributed by atoms with E-state index in [0.717, 1.165) is 10.8 Å². The average molecular weight is 326 g/mol. The molecule has 3 amide bonds. The van der Waals surface area contributed by atoms with Gasteiger partial charge in [-0.15, -0.1) is 0 Å². The molecule has 0 aliphatic carbocycles. The summed E-state index contributed by atoms with van der Waals surface area (Å²) in [5, 5.41) is 13.0.